The van der Waals surface area contributed by atoms with Crippen molar-refractivity contribution < 1.29 is 9.13 Å². The second kappa shape index (κ2) is 9.97. The summed E-state index contributed by atoms with van der Waals surface area (Å²) in [5.74, 6) is -0.0248. The molecular weight excluding hydrogens is 395 g/mol. The van der Waals surface area contributed by atoms with Crippen molar-refractivity contribution in [1.82, 2.24) is 15.0 Å². The lowest BCUT2D eigenvalue weighted by Gasteiger charge is -2.21. The number of halogens is 1. The third-order valence-corrected chi connectivity index (χ3v) is 4.41. The highest BCUT2D eigenvalue weighted by molar-refractivity contribution is 6.03. The molecule has 3 heterocycles. The molecule has 0 bridgehead atoms. The molecule has 0 amide bonds. The minimum absolute atomic E-state index is 0.135. The summed E-state index contributed by atoms with van der Waals surface area (Å²) in [6.45, 7) is 8.58. The van der Waals surface area contributed by atoms with Gasteiger partial charge in [0.25, 0.3) is 0 Å². The van der Waals surface area contributed by atoms with Crippen LogP contribution < -0.4 is 15.4 Å². The fourth-order valence-electron chi connectivity index (χ4n) is 3.07. The van der Waals surface area contributed by atoms with Crippen LogP contribution in [0.4, 0.5) is 15.8 Å². The van der Waals surface area contributed by atoms with Gasteiger partial charge >= 0.3 is 0 Å². The molecule has 0 aliphatic rings. The predicted octanol–water partition coefficient (Wildman–Crippen LogP) is 4.90. The van der Waals surface area contributed by atoms with Gasteiger partial charge in [0, 0.05) is 25.0 Å². The molecule has 162 valence electrons. The summed E-state index contributed by atoms with van der Waals surface area (Å²) in [5.41, 5.74) is 4.61. The van der Waals surface area contributed by atoms with E-state index in [-0.39, 0.29) is 6.04 Å². The average molecular weight is 423 g/mol. The van der Waals surface area contributed by atoms with Crippen LogP contribution in [-0.4, -0.2) is 33.3 Å². The maximum Gasteiger partial charge on any atom is 0.222 e. The van der Waals surface area contributed by atoms with E-state index >= 15 is 0 Å². The minimum atomic E-state index is -0.515. The van der Waals surface area contributed by atoms with Crippen LogP contribution in [0.3, 0.4) is 0 Å². The van der Waals surface area contributed by atoms with Crippen molar-refractivity contribution in [3.63, 3.8) is 0 Å². The number of anilines is 2. The van der Waals surface area contributed by atoms with E-state index in [1.165, 1.54) is 12.3 Å². The Morgan fingerprint density at radius 2 is 2.03 bits per heavy atom. The van der Waals surface area contributed by atoms with Crippen molar-refractivity contribution >= 4 is 17.1 Å². The summed E-state index contributed by atoms with van der Waals surface area (Å²) in [5, 5.41) is 15.1. The first-order valence-electron chi connectivity index (χ1n) is 10.2. The molecule has 31 heavy (non-hydrogen) atoms. The molecular formula is C23H27FN6O. The van der Waals surface area contributed by atoms with E-state index in [4.69, 9.17) is 15.1 Å². The molecule has 0 saturated heterocycles. The maximum absolute atomic E-state index is 13.1. The third-order valence-electron chi connectivity index (χ3n) is 4.41. The first-order valence-corrected chi connectivity index (χ1v) is 10.2. The van der Waals surface area contributed by atoms with Gasteiger partial charge in [0.15, 0.2) is 0 Å². The summed E-state index contributed by atoms with van der Waals surface area (Å²) in [6.07, 6.45) is 3.17. The molecule has 0 radical (unpaired) electrons. The van der Waals surface area contributed by atoms with Gasteiger partial charge in [0.1, 0.15) is 5.69 Å². The molecule has 0 fully saturated rings. The van der Waals surface area contributed by atoms with E-state index in [2.05, 4.69) is 20.6 Å². The van der Waals surface area contributed by atoms with Gasteiger partial charge in [-0.25, -0.2) is 15.0 Å². The molecule has 3 aromatic heterocycles. The van der Waals surface area contributed by atoms with Crippen molar-refractivity contribution in [3.05, 3.63) is 59.9 Å². The molecule has 0 atom stereocenters. The second-order valence-corrected chi connectivity index (χ2v) is 7.33. The normalized spacial score (nSPS) is 10.8. The van der Waals surface area contributed by atoms with Gasteiger partial charge < -0.3 is 20.8 Å². The Morgan fingerprint density at radius 3 is 2.68 bits per heavy atom. The summed E-state index contributed by atoms with van der Waals surface area (Å²) >= 11 is 0. The highest BCUT2D eigenvalue weighted by atomic mass is 19.1. The quantitative estimate of drug-likeness (QED) is 0.335. The first-order chi connectivity index (χ1) is 14.9. The van der Waals surface area contributed by atoms with E-state index in [1.54, 1.807) is 19.2 Å². The largest absolute Gasteiger partial charge is 0.477 e. The van der Waals surface area contributed by atoms with Gasteiger partial charge in [-0.05, 0) is 57.5 Å². The van der Waals surface area contributed by atoms with Crippen LogP contribution in [-0.2, 0) is 6.54 Å². The van der Waals surface area contributed by atoms with Crippen molar-refractivity contribution in [2.75, 3.05) is 17.2 Å². The second-order valence-electron chi connectivity index (χ2n) is 7.33. The van der Waals surface area contributed by atoms with Crippen LogP contribution in [0.15, 0.2) is 42.7 Å². The van der Waals surface area contributed by atoms with Gasteiger partial charge in [-0.1, -0.05) is 6.07 Å². The lowest BCUT2D eigenvalue weighted by Crippen LogP contribution is -2.17. The van der Waals surface area contributed by atoms with Crippen molar-refractivity contribution in [3.8, 4) is 17.1 Å². The number of nitrogens with zero attached hydrogens (tertiary/aromatic N) is 3. The third kappa shape index (κ3) is 5.53. The fraction of sp³-hybridized carbons (Fsp3) is 0.304. The van der Waals surface area contributed by atoms with Crippen LogP contribution >= 0.6 is 0 Å². The number of aromatic nitrogens is 3. The Kier molecular flexibility index (Phi) is 7.12. The summed E-state index contributed by atoms with van der Waals surface area (Å²) < 4.78 is 18.8. The minimum Gasteiger partial charge on any atom is -0.477 e. The lowest BCUT2D eigenvalue weighted by atomic mass is 10.1. The maximum atomic E-state index is 13.1. The Morgan fingerprint density at radius 1 is 1.23 bits per heavy atom. The molecule has 3 N–H and O–H groups in total. The van der Waals surface area contributed by atoms with E-state index < -0.39 is 5.95 Å². The molecule has 0 saturated carbocycles. The zero-order chi connectivity index (χ0) is 22.4. The summed E-state index contributed by atoms with van der Waals surface area (Å²) in [4.78, 5) is 12.8. The highest BCUT2D eigenvalue weighted by Gasteiger charge is 2.18. The van der Waals surface area contributed by atoms with Gasteiger partial charge in [-0.2, -0.15) is 4.39 Å². The standard InChI is InChI=1S/C23H27FN6O/c1-5-31-23-17(7-6-10-26-23)18-11-19(27-12-16-8-9-20(24)28-13-16)22(29-14(2)3)21(30-18)15(4)25/h6-11,13-14,25,29H,5,12H2,1-4H3,(H,27,30). The molecule has 0 aliphatic heterocycles. The van der Waals surface area contributed by atoms with Crippen LogP contribution in [0, 0.1) is 11.4 Å². The Hall–Kier alpha value is -3.55. The van der Waals surface area contributed by atoms with Gasteiger partial charge in [-0.15, -0.1) is 0 Å². The molecule has 3 rings (SSSR count). The van der Waals surface area contributed by atoms with Crippen molar-refractivity contribution in [2.45, 2.75) is 40.3 Å². The number of nitrogens with one attached hydrogen (secondary N) is 3. The Labute approximate surface area is 181 Å². The summed E-state index contributed by atoms with van der Waals surface area (Å²) in [6, 6.07) is 8.79. The van der Waals surface area contributed by atoms with Crippen molar-refractivity contribution in [2.24, 2.45) is 0 Å². The molecule has 0 spiro atoms. The molecule has 0 unspecified atom stereocenters. The highest BCUT2D eigenvalue weighted by Crippen LogP contribution is 2.34. The predicted molar refractivity (Wildman–Crippen MR) is 121 cm³/mol. The molecule has 8 heteroatoms. The topological polar surface area (TPSA) is 95.8 Å². The molecule has 7 nitrogen and oxygen atoms in total. The SMILES string of the molecule is CCOc1ncccc1-c1cc(NCc2ccc(F)nc2)c(NC(C)C)c(C(C)=N)n1. The fourth-order valence-corrected chi connectivity index (χ4v) is 3.07. The zero-order valence-electron chi connectivity index (χ0n) is 18.2. The van der Waals surface area contributed by atoms with Crippen LogP contribution in [0.2, 0.25) is 0 Å². The van der Waals surface area contributed by atoms with E-state index in [9.17, 15) is 4.39 Å². The number of hydrogen-bond donors (Lipinski definition) is 3. The molecule has 3 aromatic rings. The van der Waals surface area contributed by atoms with Gasteiger partial charge in [0.05, 0.1) is 35.0 Å². The molecule has 0 aliphatic carbocycles. The van der Waals surface area contributed by atoms with Crippen molar-refractivity contribution in [1.29, 1.82) is 5.41 Å². The van der Waals surface area contributed by atoms with Gasteiger partial charge in [0.2, 0.25) is 11.8 Å². The van der Waals surface area contributed by atoms with E-state index in [0.29, 0.717) is 36.1 Å². The van der Waals surface area contributed by atoms with Crippen LogP contribution in [0.25, 0.3) is 11.3 Å². The zero-order valence-corrected chi connectivity index (χ0v) is 18.2. The number of ether oxygens (including phenoxy) is 1. The van der Waals surface area contributed by atoms with E-state index in [1.807, 2.05) is 39.0 Å². The average Bonchev–Trinajstić information content (AvgIpc) is 2.74. The molecule has 0 aromatic carbocycles. The summed E-state index contributed by atoms with van der Waals surface area (Å²) in [7, 11) is 0. The lowest BCUT2D eigenvalue weighted by molar-refractivity contribution is 0.328. The number of rotatable bonds is 9. The Balaban J connectivity index is 2.09. The number of pyridine rings is 3. The Bertz CT molecular complexity index is 1050. The van der Waals surface area contributed by atoms with Gasteiger partial charge in [-0.3, -0.25) is 0 Å². The van der Waals surface area contributed by atoms with Crippen LogP contribution in [0.5, 0.6) is 5.88 Å². The van der Waals surface area contributed by atoms with Crippen LogP contribution in [0.1, 0.15) is 39.0 Å². The smallest absolute Gasteiger partial charge is 0.222 e. The first kappa shape index (κ1) is 22.1. The number of hydrogen-bond acceptors (Lipinski definition) is 7. The van der Waals surface area contributed by atoms with E-state index in [0.717, 1.165) is 22.5 Å². The monoisotopic (exact) mass is 422 g/mol.